The van der Waals surface area contributed by atoms with Gasteiger partial charge in [0.15, 0.2) is 0 Å². The van der Waals surface area contributed by atoms with Gasteiger partial charge in [0.25, 0.3) is 0 Å². The van der Waals surface area contributed by atoms with E-state index in [1.165, 1.54) is 24.2 Å². The molecule has 1 aromatic heterocycles. The predicted octanol–water partition coefficient (Wildman–Crippen LogP) is -0.124. The van der Waals surface area contributed by atoms with Crippen molar-refractivity contribution in [2.24, 2.45) is 0 Å². The zero-order valence-corrected chi connectivity index (χ0v) is 9.87. The topological polar surface area (TPSA) is 109 Å². The highest BCUT2D eigenvalue weighted by atomic mass is 16.7. The van der Waals surface area contributed by atoms with E-state index >= 15 is 0 Å². The lowest BCUT2D eigenvalue weighted by atomic mass is 10.4. The monoisotopic (exact) mass is 258 g/mol. The number of aromatic nitrogens is 2. The van der Waals surface area contributed by atoms with Crippen LogP contribution in [0.4, 0.5) is 5.82 Å². The van der Waals surface area contributed by atoms with Crippen LogP contribution in [-0.2, 0) is 20.9 Å². The minimum absolute atomic E-state index is 0.139. The van der Waals surface area contributed by atoms with Crippen LogP contribution in [0.25, 0.3) is 0 Å². The maximum Gasteiger partial charge on any atom is 0.381 e. The van der Waals surface area contributed by atoms with Gasteiger partial charge in [-0.15, -0.1) is 0 Å². The molecule has 0 aliphatic carbocycles. The maximum absolute atomic E-state index is 11.3. The van der Waals surface area contributed by atoms with Crippen molar-refractivity contribution in [2.75, 3.05) is 20.3 Å². The largest absolute Gasteiger partial charge is 0.382 e. The number of carbonyl (C=O) groups is 1. The summed E-state index contributed by atoms with van der Waals surface area (Å²) in [5.41, 5.74) is 2.23. The van der Waals surface area contributed by atoms with E-state index in [2.05, 4.69) is 10.5 Å². The fraction of sp³-hybridized carbons (Fsp3) is 0.556. The average molecular weight is 258 g/mol. The Balaban J connectivity index is 2.23. The van der Waals surface area contributed by atoms with Crippen molar-refractivity contribution in [1.82, 2.24) is 15.0 Å². The fourth-order valence-corrected chi connectivity index (χ4v) is 1.10. The highest BCUT2D eigenvalue weighted by Gasteiger charge is 2.10. The highest BCUT2D eigenvalue weighted by molar-refractivity contribution is 5.74. The molecule has 0 bridgehead atoms. The molecule has 1 heterocycles. The van der Waals surface area contributed by atoms with E-state index in [0.717, 1.165) is 0 Å². The predicted molar refractivity (Wildman–Crippen MR) is 59.5 cm³/mol. The summed E-state index contributed by atoms with van der Waals surface area (Å²) in [7, 11) is 1.52. The molecule has 1 rings (SSSR count). The molecular weight excluding hydrogens is 244 g/mol. The van der Waals surface area contributed by atoms with Crippen LogP contribution < -0.4 is 5.48 Å². The molecule has 100 valence electrons. The van der Waals surface area contributed by atoms with E-state index in [4.69, 9.17) is 9.57 Å². The van der Waals surface area contributed by atoms with Gasteiger partial charge >= 0.3 is 5.82 Å². The summed E-state index contributed by atoms with van der Waals surface area (Å²) in [6, 6.07) is 0. The number of nitro groups is 1. The lowest BCUT2D eigenvalue weighted by molar-refractivity contribution is -0.389. The van der Waals surface area contributed by atoms with Gasteiger partial charge in [0.1, 0.15) is 6.20 Å². The van der Waals surface area contributed by atoms with Gasteiger partial charge < -0.3 is 19.4 Å². The summed E-state index contributed by atoms with van der Waals surface area (Å²) < 4.78 is 6.19. The molecule has 0 saturated carbocycles. The van der Waals surface area contributed by atoms with E-state index in [1.54, 1.807) is 0 Å². The van der Waals surface area contributed by atoms with Gasteiger partial charge in [-0.1, -0.05) is 0 Å². The molecule has 0 saturated heterocycles. The average Bonchev–Trinajstić information content (AvgIpc) is 2.81. The second-order valence-corrected chi connectivity index (χ2v) is 3.34. The number of rotatable bonds is 8. The molecule has 0 radical (unpaired) electrons. The number of ether oxygens (including phenoxy) is 1. The number of hydroxylamine groups is 1. The molecule has 9 heteroatoms. The van der Waals surface area contributed by atoms with Crippen molar-refractivity contribution in [3.8, 4) is 0 Å². The zero-order chi connectivity index (χ0) is 13.4. The number of imidazole rings is 1. The maximum atomic E-state index is 11.3. The summed E-state index contributed by atoms with van der Waals surface area (Å²) in [6.45, 7) is 0.938. The molecule has 1 amide bonds. The standard InChI is InChI=1S/C9H14N4O5/c1-17-4-5-18-11-9(14)2-3-12-6-8(10-7-12)13(15)16/h6-7H,2-5H2,1H3,(H,11,14). The number of nitrogens with zero attached hydrogens (tertiary/aromatic N) is 3. The van der Waals surface area contributed by atoms with E-state index in [-0.39, 0.29) is 24.8 Å². The minimum atomic E-state index is -0.593. The number of aryl methyl sites for hydroxylation is 1. The first-order valence-corrected chi connectivity index (χ1v) is 5.19. The van der Waals surface area contributed by atoms with Gasteiger partial charge in [-0.05, 0) is 9.91 Å². The van der Waals surface area contributed by atoms with Crippen LogP contribution in [0.1, 0.15) is 6.42 Å². The Morgan fingerprint density at radius 2 is 2.39 bits per heavy atom. The molecule has 0 atom stereocenters. The Bertz CT molecular complexity index is 405. The smallest absolute Gasteiger partial charge is 0.381 e. The van der Waals surface area contributed by atoms with Crippen LogP contribution >= 0.6 is 0 Å². The number of hydrogen-bond acceptors (Lipinski definition) is 6. The van der Waals surface area contributed by atoms with Crippen LogP contribution in [0.15, 0.2) is 12.5 Å². The normalized spacial score (nSPS) is 10.3. The molecule has 0 unspecified atom stereocenters. The molecule has 0 aromatic carbocycles. The van der Waals surface area contributed by atoms with E-state index in [0.29, 0.717) is 13.2 Å². The van der Waals surface area contributed by atoms with Crippen molar-refractivity contribution >= 4 is 11.7 Å². The molecule has 1 aromatic rings. The minimum Gasteiger partial charge on any atom is -0.382 e. The first kappa shape index (κ1) is 14.1. The third-order valence-electron chi connectivity index (χ3n) is 1.98. The van der Waals surface area contributed by atoms with Crippen molar-refractivity contribution < 1.29 is 19.3 Å². The van der Waals surface area contributed by atoms with Crippen LogP contribution in [-0.4, -0.2) is 40.7 Å². The molecule has 9 nitrogen and oxygen atoms in total. The molecule has 0 aliphatic rings. The van der Waals surface area contributed by atoms with Crippen molar-refractivity contribution in [3.05, 3.63) is 22.6 Å². The van der Waals surface area contributed by atoms with Gasteiger partial charge in [0.2, 0.25) is 12.2 Å². The Morgan fingerprint density at radius 1 is 1.61 bits per heavy atom. The SMILES string of the molecule is COCCONC(=O)CCn1cnc([N+](=O)[O-])c1. The van der Waals surface area contributed by atoms with Gasteiger partial charge in [0, 0.05) is 20.1 Å². The van der Waals surface area contributed by atoms with Crippen molar-refractivity contribution in [1.29, 1.82) is 0 Å². The Morgan fingerprint density at radius 3 is 3.00 bits per heavy atom. The van der Waals surface area contributed by atoms with Crippen LogP contribution in [0.3, 0.4) is 0 Å². The van der Waals surface area contributed by atoms with Gasteiger partial charge in [-0.3, -0.25) is 9.63 Å². The first-order chi connectivity index (χ1) is 8.63. The van der Waals surface area contributed by atoms with E-state index < -0.39 is 4.92 Å². The fourth-order valence-electron chi connectivity index (χ4n) is 1.10. The van der Waals surface area contributed by atoms with E-state index in [9.17, 15) is 14.9 Å². The molecule has 0 fully saturated rings. The van der Waals surface area contributed by atoms with Gasteiger partial charge in [-0.2, -0.15) is 0 Å². The summed E-state index contributed by atoms with van der Waals surface area (Å²) in [5, 5.41) is 10.4. The lowest BCUT2D eigenvalue weighted by Gasteiger charge is -2.05. The second kappa shape index (κ2) is 7.35. The molecular formula is C9H14N4O5. The number of nitrogens with one attached hydrogen (secondary N) is 1. The highest BCUT2D eigenvalue weighted by Crippen LogP contribution is 2.05. The second-order valence-electron chi connectivity index (χ2n) is 3.34. The first-order valence-electron chi connectivity index (χ1n) is 5.19. The summed E-state index contributed by atoms with van der Waals surface area (Å²) in [4.78, 5) is 29.4. The zero-order valence-electron chi connectivity index (χ0n) is 9.87. The number of carbonyl (C=O) groups excluding carboxylic acids is 1. The summed E-state index contributed by atoms with van der Waals surface area (Å²) >= 11 is 0. The van der Waals surface area contributed by atoms with E-state index in [1.807, 2.05) is 0 Å². The van der Waals surface area contributed by atoms with Gasteiger partial charge in [-0.25, -0.2) is 5.48 Å². The van der Waals surface area contributed by atoms with Crippen LogP contribution in [0.2, 0.25) is 0 Å². The van der Waals surface area contributed by atoms with Crippen molar-refractivity contribution in [2.45, 2.75) is 13.0 Å². The van der Waals surface area contributed by atoms with Crippen LogP contribution in [0.5, 0.6) is 0 Å². The number of hydrogen-bond donors (Lipinski definition) is 1. The van der Waals surface area contributed by atoms with Gasteiger partial charge in [0.05, 0.1) is 13.2 Å². The Labute approximate surface area is 103 Å². The third-order valence-corrected chi connectivity index (χ3v) is 1.98. The Hall–Kier alpha value is -2.00. The molecule has 0 spiro atoms. The third kappa shape index (κ3) is 4.89. The van der Waals surface area contributed by atoms with Crippen LogP contribution in [0, 0.1) is 10.1 Å². The summed E-state index contributed by atoms with van der Waals surface area (Å²) in [6.07, 6.45) is 2.71. The number of amides is 1. The molecule has 1 N–H and O–H groups in total. The molecule has 0 aliphatic heterocycles. The summed E-state index contributed by atoms with van der Waals surface area (Å²) in [5.74, 6) is -0.561. The lowest BCUT2D eigenvalue weighted by Crippen LogP contribution is -2.26. The Kier molecular flexibility index (Phi) is 5.74. The number of methoxy groups -OCH3 is 1. The molecule has 18 heavy (non-hydrogen) atoms. The van der Waals surface area contributed by atoms with Crippen molar-refractivity contribution in [3.63, 3.8) is 0 Å². The quantitative estimate of drug-likeness (QED) is 0.395.